The molecule has 0 spiro atoms. The first kappa shape index (κ1) is 16.1. The van der Waals surface area contributed by atoms with Crippen LogP contribution >= 0.6 is 0 Å². The van der Waals surface area contributed by atoms with Crippen LogP contribution in [-0.2, 0) is 4.79 Å². The number of hydrogen-bond acceptors (Lipinski definition) is 3. The lowest BCUT2D eigenvalue weighted by atomic mass is 10.0. The lowest BCUT2D eigenvalue weighted by Gasteiger charge is -2.16. The molecule has 0 aromatic heterocycles. The second-order valence-electron chi connectivity index (χ2n) is 5.03. The number of hydrogen-bond donors (Lipinski definition) is 2. The number of nitrogens with one attached hydrogen (secondary N) is 1. The maximum atomic E-state index is 13.6. The fraction of sp³-hybridized carbons (Fsp3) is 0.429. The quantitative estimate of drug-likeness (QED) is 0.877. The number of carbonyl (C=O) groups is 2. The predicted octanol–water partition coefficient (Wildman–Crippen LogP) is 1.45. The molecule has 1 aromatic carbocycles. The van der Waals surface area contributed by atoms with Crippen molar-refractivity contribution in [3.05, 3.63) is 29.6 Å². The number of nitrogens with two attached hydrogens (primary N) is 1. The highest BCUT2D eigenvalue weighted by molar-refractivity contribution is 5.97. The lowest BCUT2D eigenvalue weighted by molar-refractivity contribution is -0.119. The molecule has 6 heteroatoms. The summed E-state index contributed by atoms with van der Waals surface area (Å²) in [4.78, 5) is 24.9. The van der Waals surface area contributed by atoms with Crippen molar-refractivity contribution in [3.8, 4) is 0 Å². The van der Waals surface area contributed by atoms with Crippen LogP contribution in [-0.4, -0.2) is 36.9 Å². The van der Waals surface area contributed by atoms with E-state index in [0.717, 1.165) is 6.07 Å². The molecule has 2 atom stereocenters. The van der Waals surface area contributed by atoms with Gasteiger partial charge in [-0.15, -0.1) is 0 Å². The number of carbonyl (C=O) groups excluding carboxylic acids is 2. The Hall–Kier alpha value is -1.95. The van der Waals surface area contributed by atoms with Crippen LogP contribution in [0.2, 0.25) is 0 Å². The van der Waals surface area contributed by atoms with Crippen molar-refractivity contribution in [2.45, 2.75) is 19.9 Å². The molecule has 0 radical (unpaired) electrons. The van der Waals surface area contributed by atoms with Gasteiger partial charge in [0.2, 0.25) is 5.91 Å². The Morgan fingerprint density at radius 2 is 1.90 bits per heavy atom. The summed E-state index contributed by atoms with van der Waals surface area (Å²) in [5.74, 6) is -1.73. The molecular weight excluding hydrogens is 261 g/mol. The molecule has 0 bridgehead atoms. The average molecular weight is 281 g/mol. The molecule has 20 heavy (non-hydrogen) atoms. The van der Waals surface area contributed by atoms with Crippen molar-refractivity contribution in [2.24, 2.45) is 11.7 Å². The second-order valence-corrected chi connectivity index (χ2v) is 5.03. The molecule has 3 N–H and O–H groups in total. The van der Waals surface area contributed by atoms with E-state index in [-0.39, 0.29) is 23.4 Å². The topological polar surface area (TPSA) is 75.4 Å². The largest absolute Gasteiger partial charge is 0.345 e. The fourth-order valence-corrected chi connectivity index (χ4v) is 1.50. The number of nitrogens with zero attached hydrogens (tertiary/aromatic N) is 1. The molecule has 0 saturated carbocycles. The third-order valence-corrected chi connectivity index (χ3v) is 3.07. The molecule has 0 heterocycles. The SMILES string of the molecule is CC(N)C(C)C(=O)Nc1ccc(F)c(C(=O)N(C)C)c1. The minimum Gasteiger partial charge on any atom is -0.345 e. The van der Waals surface area contributed by atoms with Crippen LogP contribution in [0, 0.1) is 11.7 Å². The standard InChI is InChI=1S/C14H20FN3O2/c1-8(9(2)16)13(19)17-10-5-6-12(15)11(7-10)14(20)18(3)4/h5-9H,16H2,1-4H3,(H,17,19). The molecule has 2 amide bonds. The summed E-state index contributed by atoms with van der Waals surface area (Å²) in [5.41, 5.74) is 5.94. The molecule has 0 saturated heterocycles. The monoisotopic (exact) mass is 281 g/mol. The average Bonchev–Trinajstić information content (AvgIpc) is 2.38. The third kappa shape index (κ3) is 3.77. The molecule has 0 aliphatic heterocycles. The van der Waals surface area contributed by atoms with Gasteiger partial charge >= 0.3 is 0 Å². The minimum absolute atomic E-state index is 0.0822. The molecule has 0 aliphatic rings. The van der Waals surface area contributed by atoms with Crippen LogP contribution < -0.4 is 11.1 Å². The summed E-state index contributed by atoms with van der Waals surface area (Å²) >= 11 is 0. The third-order valence-electron chi connectivity index (χ3n) is 3.07. The van der Waals surface area contributed by atoms with Gasteiger partial charge in [-0.3, -0.25) is 9.59 Å². The van der Waals surface area contributed by atoms with Gasteiger partial charge in [-0.25, -0.2) is 4.39 Å². The van der Waals surface area contributed by atoms with Gasteiger partial charge in [0, 0.05) is 25.8 Å². The Morgan fingerprint density at radius 3 is 2.40 bits per heavy atom. The smallest absolute Gasteiger partial charge is 0.256 e. The Labute approximate surface area is 117 Å². The predicted molar refractivity (Wildman–Crippen MR) is 75.9 cm³/mol. The van der Waals surface area contributed by atoms with Gasteiger partial charge in [0.05, 0.1) is 11.5 Å². The lowest BCUT2D eigenvalue weighted by Crippen LogP contribution is -2.34. The van der Waals surface area contributed by atoms with Gasteiger partial charge < -0.3 is 16.0 Å². The zero-order valence-electron chi connectivity index (χ0n) is 12.1. The van der Waals surface area contributed by atoms with Crippen molar-refractivity contribution >= 4 is 17.5 Å². The van der Waals surface area contributed by atoms with E-state index in [1.165, 1.54) is 31.1 Å². The van der Waals surface area contributed by atoms with Crippen molar-refractivity contribution in [1.82, 2.24) is 4.90 Å². The number of benzene rings is 1. The Balaban J connectivity index is 2.96. The molecule has 5 nitrogen and oxygen atoms in total. The first-order valence-electron chi connectivity index (χ1n) is 6.31. The molecule has 0 fully saturated rings. The van der Waals surface area contributed by atoms with Crippen LogP contribution in [0.4, 0.5) is 10.1 Å². The van der Waals surface area contributed by atoms with E-state index >= 15 is 0 Å². The minimum atomic E-state index is -0.623. The summed E-state index contributed by atoms with van der Waals surface area (Å²) in [6, 6.07) is 3.60. The van der Waals surface area contributed by atoms with E-state index in [9.17, 15) is 14.0 Å². The second kappa shape index (κ2) is 6.47. The zero-order chi connectivity index (χ0) is 15.4. The van der Waals surface area contributed by atoms with Crippen LogP contribution in [0.25, 0.3) is 0 Å². The van der Waals surface area contributed by atoms with Crippen LogP contribution in [0.1, 0.15) is 24.2 Å². The highest BCUT2D eigenvalue weighted by Crippen LogP contribution is 2.17. The summed E-state index contributed by atoms with van der Waals surface area (Å²) < 4.78 is 13.6. The summed E-state index contributed by atoms with van der Waals surface area (Å²) in [6.07, 6.45) is 0. The first-order valence-corrected chi connectivity index (χ1v) is 6.31. The highest BCUT2D eigenvalue weighted by atomic mass is 19.1. The maximum absolute atomic E-state index is 13.6. The molecular formula is C14H20FN3O2. The normalized spacial score (nSPS) is 13.5. The van der Waals surface area contributed by atoms with E-state index in [1.54, 1.807) is 13.8 Å². The molecule has 110 valence electrons. The molecule has 1 aromatic rings. The summed E-state index contributed by atoms with van der Waals surface area (Å²) in [6.45, 7) is 3.44. The summed E-state index contributed by atoms with van der Waals surface area (Å²) in [7, 11) is 3.07. The number of rotatable bonds is 4. The van der Waals surface area contributed by atoms with Gasteiger partial charge in [0.1, 0.15) is 5.82 Å². The fourth-order valence-electron chi connectivity index (χ4n) is 1.50. The van der Waals surface area contributed by atoms with Crippen LogP contribution in [0.3, 0.4) is 0 Å². The first-order chi connectivity index (χ1) is 9.23. The number of amides is 2. The number of halogens is 1. The Kier molecular flexibility index (Phi) is 5.21. The molecule has 1 rings (SSSR count). The molecule has 0 aliphatic carbocycles. The van der Waals surface area contributed by atoms with E-state index in [0.29, 0.717) is 5.69 Å². The van der Waals surface area contributed by atoms with Gasteiger partial charge in [-0.1, -0.05) is 6.92 Å². The van der Waals surface area contributed by atoms with E-state index in [4.69, 9.17) is 5.73 Å². The number of anilines is 1. The van der Waals surface area contributed by atoms with E-state index < -0.39 is 11.7 Å². The van der Waals surface area contributed by atoms with Crippen molar-refractivity contribution in [3.63, 3.8) is 0 Å². The van der Waals surface area contributed by atoms with E-state index in [2.05, 4.69) is 5.32 Å². The van der Waals surface area contributed by atoms with Crippen LogP contribution in [0.5, 0.6) is 0 Å². The van der Waals surface area contributed by atoms with Gasteiger partial charge in [-0.2, -0.15) is 0 Å². The van der Waals surface area contributed by atoms with E-state index in [1.807, 2.05) is 0 Å². The Morgan fingerprint density at radius 1 is 1.30 bits per heavy atom. The summed E-state index contributed by atoms with van der Waals surface area (Å²) in [5, 5.41) is 2.63. The maximum Gasteiger partial charge on any atom is 0.256 e. The van der Waals surface area contributed by atoms with Crippen LogP contribution in [0.15, 0.2) is 18.2 Å². The van der Waals surface area contributed by atoms with Crippen molar-refractivity contribution in [2.75, 3.05) is 19.4 Å². The van der Waals surface area contributed by atoms with Gasteiger partial charge in [0.15, 0.2) is 0 Å². The Bertz CT molecular complexity index is 515. The van der Waals surface area contributed by atoms with Gasteiger partial charge in [-0.05, 0) is 25.1 Å². The zero-order valence-corrected chi connectivity index (χ0v) is 12.1. The van der Waals surface area contributed by atoms with Crippen molar-refractivity contribution in [1.29, 1.82) is 0 Å². The van der Waals surface area contributed by atoms with Crippen molar-refractivity contribution < 1.29 is 14.0 Å². The highest BCUT2D eigenvalue weighted by Gasteiger charge is 2.19. The van der Waals surface area contributed by atoms with Gasteiger partial charge in [0.25, 0.3) is 5.91 Å². The molecule has 2 unspecified atom stereocenters.